The van der Waals surface area contributed by atoms with Crippen molar-refractivity contribution in [1.82, 2.24) is 0 Å². The van der Waals surface area contributed by atoms with Crippen molar-refractivity contribution in [1.29, 1.82) is 0 Å². The summed E-state index contributed by atoms with van der Waals surface area (Å²) >= 11 is -2.55. The predicted molar refractivity (Wildman–Crippen MR) is 65.5 cm³/mol. The van der Waals surface area contributed by atoms with E-state index >= 15 is 0 Å². The van der Waals surface area contributed by atoms with Crippen molar-refractivity contribution < 1.29 is 75.7 Å². The molecule has 0 aromatic carbocycles. The summed E-state index contributed by atoms with van der Waals surface area (Å²) in [5.41, 5.74) is -6.80. The second-order valence-electron chi connectivity index (χ2n) is 4.70. The largest absolute Gasteiger partial charge is 0.495 e. The normalized spacial score (nSPS) is 15.7. The van der Waals surface area contributed by atoms with Crippen LogP contribution in [-0.4, -0.2) is 55.6 Å². The lowest BCUT2D eigenvalue weighted by Crippen LogP contribution is -2.56. The first-order valence-corrected chi connectivity index (χ1v) is 7.05. The van der Waals surface area contributed by atoms with Crippen LogP contribution >= 0.6 is 11.8 Å². The number of thioether (sulfide) groups is 1. The summed E-state index contributed by atoms with van der Waals surface area (Å²) in [5.74, 6) is -6.25. The standard InChI is InChI=1S/C11H6F14O3S/c1-27-4(6(12,8(14,15)16)9(17,18)19)3(5(26)28-2)29-7(13,10(20,21)22)11(23,24)25/h1-2H3/b4-3+. The minimum atomic E-state index is -7.12. The number of rotatable bonds is 5. The monoisotopic (exact) mass is 484 g/mol. The number of halogens is 14. The van der Waals surface area contributed by atoms with Gasteiger partial charge in [0.15, 0.2) is 5.76 Å². The molecule has 0 rings (SSSR count). The second kappa shape index (κ2) is 7.90. The Bertz CT molecular complexity index is 613. The molecule has 0 heterocycles. The maximum atomic E-state index is 14.0. The fraction of sp³-hybridized carbons (Fsp3) is 0.727. The molecular formula is C11H6F14O3S. The molecule has 0 aromatic heterocycles. The number of carbonyl (C=O) groups is 1. The third-order valence-corrected chi connectivity index (χ3v) is 4.15. The van der Waals surface area contributed by atoms with E-state index in [9.17, 15) is 66.3 Å². The van der Waals surface area contributed by atoms with Gasteiger partial charge in [0, 0.05) is 0 Å². The molecule has 3 nitrogen and oxygen atoms in total. The molecule has 172 valence electrons. The Kier molecular flexibility index (Phi) is 7.46. The molecule has 0 aliphatic rings. The van der Waals surface area contributed by atoms with Gasteiger partial charge in [-0.1, -0.05) is 11.8 Å². The molecule has 0 aliphatic heterocycles. The van der Waals surface area contributed by atoms with Crippen molar-refractivity contribution in [2.24, 2.45) is 0 Å². The lowest BCUT2D eigenvalue weighted by Gasteiger charge is -2.34. The number of carbonyl (C=O) groups excluding carboxylic acids is 1. The van der Waals surface area contributed by atoms with Crippen LogP contribution < -0.4 is 0 Å². The molecule has 0 N–H and O–H groups in total. The van der Waals surface area contributed by atoms with Gasteiger partial charge in [0.2, 0.25) is 0 Å². The highest BCUT2D eigenvalue weighted by Crippen LogP contribution is 2.59. The fourth-order valence-electron chi connectivity index (χ4n) is 1.50. The lowest BCUT2D eigenvalue weighted by molar-refractivity contribution is -0.335. The second-order valence-corrected chi connectivity index (χ2v) is 5.88. The molecule has 0 aliphatic carbocycles. The van der Waals surface area contributed by atoms with E-state index in [1.54, 1.807) is 0 Å². The van der Waals surface area contributed by atoms with E-state index in [1.807, 2.05) is 0 Å². The van der Waals surface area contributed by atoms with Gasteiger partial charge < -0.3 is 9.47 Å². The van der Waals surface area contributed by atoms with Gasteiger partial charge in [0.25, 0.3) is 0 Å². The van der Waals surface area contributed by atoms with Gasteiger partial charge in [-0.15, -0.1) is 0 Å². The average molecular weight is 484 g/mol. The van der Waals surface area contributed by atoms with E-state index in [1.165, 1.54) is 0 Å². The van der Waals surface area contributed by atoms with Crippen molar-refractivity contribution in [3.63, 3.8) is 0 Å². The molecule has 0 saturated carbocycles. The van der Waals surface area contributed by atoms with Crippen molar-refractivity contribution in [2.75, 3.05) is 14.2 Å². The van der Waals surface area contributed by atoms with E-state index in [-0.39, 0.29) is 14.2 Å². The first-order valence-electron chi connectivity index (χ1n) is 6.23. The summed E-state index contributed by atoms with van der Waals surface area (Å²) in [6, 6.07) is 0. The molecule has 0 bridgehead atoms. The van der Waals surface area contributed by atoms with Gasteiger partial charge in [-0.2, -0.15) is 52.7 Å². The maximum Gasteiger partial charge on any atom is 0.441 e. The molecule has 0 amide bonds. The van der Waals surface area contributed by atoms with Crippen molar-refractivity contribution in [2.45, 2.75) is 35.4 Å². The molecule has 0 unspecified atom stereocenters. The lowest BCUT2D eigenvalue weighted by atomic mass is 10.0. The van der Waals surface area contributed by atoms with Crippen LogP contribution in [0, 0.1) is 0 Å². The summed E-state index contributed by atoms with van der Waals surface area (Å²) in [7, 11) is -0.163. The van der Waals surface area contributed by atoms with Crippen LogP contribution in [0.1, 0.15) is 0 Å². The summed E-state index contributed by atoms with van der Waals surface area (Å²) in [6.07, 6.45) is -28.3. The summed E-state index contributed by atoms with van der Waals surface area (Å²) in [5, 5.41) is -6.65. The SMILES string of the molecule is COC(=O)/C(SC(F)(C(F)(F)F)C(F)(F)F)=C(\OC)C(F)(C(F)(F)F)C(F)(F)F. The zero-order valence-electron chi connectivity index (χ0n) is 13.4. The number of hydrogen-bond donors (Lipinski definition) is 0. The van der Waals surface area contributed by atoms with E-state index < -0.39 is 63.8 Å². The Morgan fingerprint density at radius 1 is 0.621 bits per heavy atom. The van der Waals surface area contributed by atoms with E-state index in [0.29, 0.717) is 0 Å². The van der Waals surface area contributed by atoms with E-state index in [2.05, 4.69) is 9.47 Å². The third-order valence-electron chi connectivity index (χ3n) is 2.85. The van der Waals surface area contributed by atoms with Crippen LogP contribution in [0.5, 0.6) is 0 Å². The van der Waals surface area contributed by atoms with Gasteiger partial charge in [-0.05, 0) is 0 Å². The van der Waals surface area contributed by atoms with E-state index in [0.717, 1.165) is 0 Å². The molecule has 29 heavy (non-hydrogen) atoms. The molecule has 18 heteroatoms. The van der Waals surface area contributed by atoms with Crippen LogP contribution in [0.4, 0.5) is 61.5 Å². The Morgan fingerprint density at radius 2 is 0.966 bits per heavy atom. The molecule has 0 fully saturated rings. The molecule has 0 atom stereocenters. The van der Waals surface area contributed by atoms with Crippen LogP contribution in [0.3, 0.4) is 0 Å². The Morgan fingerprint density at radius 3 is 1.17 bits per heavy atom. The summed E-state index contributed by atoms with van der Waals surface area (Å²) in [6.45, 7) is 0. The highest BCUT2D eigenvalue weighted by atomic mass is 32.2. The molecule has 0 aromatic rings. The Balaban J connectivity index is 7.27. The van der Waals surface area contributed by atoms with Gasteiger partial charge >= 0.3 is 41.3 Å². The Labute approximate surface area is 155 Å². The number of ether oxygens (including phenoxy) is 2. The minimum Gasteiger partial charge on any atom is -0.495 e. The molecule has 0 spiro atoms. The maximum absolute atomic E-state index is 14.0. The predicted octanol–water partition coefficient (Wildman–Crippen LogP) is 5.37. The average Bonchev–Trinajstić information content (AvgIpc) is 2.48. The Hall–Kier alpha value is -1.62. The van der Waals surface area contributed by atoms with Crippen LogP contribution in [0.15, 0.2) is 10.7 Å². The van der Waals surface area contributed by atoms with Crippen molar-refractivity contribution >= 4 is 17.7 Å². The van der Waals surface area contributed by atoms with Gasteiger partial charge in [0.1, 0.15) is 4.91 Å². The topological polar surface area (TPSA) is 35.5 Å². The zero-order chi connectivity index (χ0) is 23.9. The van der Waals surface area contributed by atoms with Crippen LogP contribution in [0.2, 0.25) is 0 Å². The molecular weight excluding hydrogens is 478 g/mol. The summed E-state index contributed by atoms with van der Waals surface area (Å²) < 4.78 is 187. The van der Waals surface area contributed by atoms with Gasteiger partial charge in [-0.3, -0.25) is 0 Å². The highest BCUT2D eigenvalue weighted by Gasteiger charge is 2.79. The number of alkyl halides is 14. The minimum absolute atomic E-state index is 0.0817. The van der Waals surface area contributed by atoms with Crippen LogP contribution in [-0.2, 0) is 14.3 Å². The smallest absolute Gasteiger partial charge is 0.441 e. The number of hydrogen-bond acceptors (Lipinski definition) is 4. The highest BCUT2D eigenvalue weighted by molar-refractivity contribution is 8.05. The first kappa shape index (κ1) is 27.4. The number of esters is 1. The molecule has 0 radical (unpaired) electrons. The summed E-state index contributed by atoms with van der Waals surface area (Å²) in [4.78, 5) is 8.31. The third kappa shape index (κ3) is 4.76. The number of methoxy groups -OCH3 is 2. The fourth-order valence-corrected chi connectivity index (χ4v) is 2.49. The van der Waals surface area contributed by atoms with Crippen molar-refractivity contribution in [3.8, 4) is 0 Å². The van der Waals surface area contributed by atoms with E-state index in [4.69, 9.17) is 0 Å². The van der Waals surface area contributed by atoms with Gasteiger partial charge in [0.05, 0.1) is 14.2 Å². The molecule has 0 saturated heterocycles. The van der Waals surface area contributed by atoms with Gasteiger partial charge in [-0.25, -0.2) is 13.6 Å². The van der Waals surface area contributed by atoms with Crippen molar-refractivity contribution in [3.05, 3.63) is 10.7 Å². The first-order chi connectivity index (χ1) is 12.5. The quantitative estimate of drug-likeness (QED) is 0.228. The zero-order valence-corrected chi connectivity index (χ0v) is 14.2. The van der Waals surface area contributed by atoms with Crippen LogP contribution in [0.25, 0.3) is 0 Å². The number of allylic oxidation sites excluding steroid dienone is 1.